The maximum atomic E-state index is 6.14. The molecule has 3 nitrogen and oxygen atoms in total. The Hall–Kier alpha value is -2.30. The van der Waals surface area contributed by atoms with Crippen LogP contribution in [0.4, 0.5) is 0 Å². The Morgan fingerprint density at radius 2 is 1.69 bits per heavy atom. The first-order valence-corrected chi connectivity index (χ1v) is 10.8. The van der Waals surface area contributed by atoms with Crippen molar-refractivity contribution < 1.29 is 9.47 Å². The van der Waals surface area contributed by atoms with Gasteiger partial charge >= 0.3 is 0 Å². The molecule has 3 aromatic carbocycles. The molecule has 3 aromatic rings. The Bertz CT molecular complexity index is 927. The third-order valence-electron chi connectivity index (χ3n) is 4.91. The molecule has 0 saturated carbocycles. The van der Waals surface area contributed by atoms with E-state index in [1.54, 1.807) is 0 Å². The molecule has 0 heterocycles. The number of hydrogen-bond acceptors (Lipinski definition) is 3. The number of aryl methyl sites for hydroxylation is 1. The molecule has 1 atom stereocenters. The highest BCUT2D eigenvalue weighted by Crippen LogP contribution is 2.37. The third kappa shape index (κ3) is 5.84. The summed E-state index contributed by atoms with van der Waals surface area (Å²) in [4.78, 5) is 0. The summed E-state index contributed by atoms with van der Waals surface area (Å²) in [6.07, 6.45) is 0. The van der Waals surface area contributed by atoms with Gasteiger partial charge in [0, 0.05) is 12.6 Å². The first kappa shape index (κ1) is 21.4. The van der Waals surface area contributed by atoms with Gasteiger partial charge in [-0.3, -0.25) is 0 Å². The van der Waals surface area contributed by atoms with E-state index in [1.165, 1.54) is 16.7 Å². The average Bonchev–Trinajstić information content (AvgIpc) is 2.73. The Balaban J connectivity index is 1.72. The highest BCUT2D eigenvalue weighted by Gasteiger charge is 2.14. The number of halogens is 1. The summed E-state index contributed by atoms with van der Waals surface area (Å²) < 4.78 is 12.9. The van der Waals surface area contributed by atoms with Crippen LogP contribution >= 0.6 is 15.9 Å². The molecule has 0 aliphatic heterocycles. The van der Waals surface area contributed by atoms with Crippen LogP contribution in [0, 0.1) is 6.92 Å². The van der Waals surface area contributed by atoms with Crippen molar-refractivity contribution in [2.24, 2.45) is 0 Å². The molecular formula is C25H28BrNO2. The lowest BCUT2D eigenvalue weighted by molar-refractivity contribution is 0.267. The first-order valence-electron chi connectivity index (χ1n) is 9.99. The van der Waals surface area contributed by atoms with Gasteiger partial charge in [-0.05, 0) is 71.1 Å². The van der Waals surface area contributed by atoms with Crippen molar-refractivity contribution in [2.45, 2.75) is 40.0 Å². The molecule has 4 heteroatoms. The molecule has 0 aromatic heterocycles. The molecule has 29 heavy (non-hydrogen) atoms. The van der Waals surface area contributed by atoms with Gasteiger partial charge in [0.1, 0.15) is 6.61 Å². The van der Waals surface area contributed by atoms with Crippen LogP contribution in [0.15, 0.2) is 71.2 Å². The van der Waals surface area contributed by atoms with Crippen molar-refractivity contribution in [1.29, 1.82) is 0 Å². The quantitative estimate of drug-likeness (QED) is 0.396. The summed E-state index contributed by atoms with van der Waals surface area (Å²) in [6, 6.07) is 23.1. The van der Waals surface area contributed by atoms with Crippen molar-refractivity contribution in [3.63, 3.8) is 0 Å². The standard InChI is InChI=1S/C25H28BrNO2/c1-4-28-24-15-20(16-27-19(3)21-11-6-5-7-12-21)14-23(26)25(24)29-17-22-13-9-8-10-18(22)2/h5-15,19,27H,4,16-17H2,1-3H3. The van der Waals surface area contributed by atoms with Crippen LogP contribution in [0.2, 0.25) is 0 Å². The smallest absolute Gasteiger partial charge is 0.175 e. The number of nitrogens with one attached hydrogen (secondary N) is 1. The summed E-state index contributed by atoms with van der Waals surface area (Å²) in [5, 5.41) is 3.58. The van der Waals surface area contributed by atoms with Crippen molar-refractivity contribution in [2.75, 3.05) is 6.61 Å². The fraction of sp³-hybridized carbons (Fsp3) is 0.280. The number of ether oxygens (including phenoxy) is 2. The van der Waals surface area contributed by atoms with Crippen LogP contribution in [-0.2, 0) is 13.2 Å². The van der Waals surface area contributed by atoms with Gasteiger partial charge in [0.15, 0.2) is 11.5 Å². The van der Waals surface area contributed by atoms with Gasteiger partial charge in [0.25, 0.3) is 0 Å². The zero-order chi connectivity index (χ0) is 20.6. The number of rotatable bonds is 9. The summed E-state index contributed by atoms with van der Waals surface area (Å²) in [6.45, 7) is 8.10. The SMILES string of the molecule is CCOc1cc(CNC(C)c2ccccc2)cc(Br)c1OCc1ccccc1C. The largest absolute Gasteiger partial charge is 0.490 e. The van der Waals surface area contributed by atoms with E-state index in [9.17, 15) is 0 Å². The van der Waals surface area contributed by atoms with Crippen molar-refractivity contribution >= 4 is 15.9 Å². The lowest BCUT2D eigenvalue weighted by Gasteiger charge is -2.18. The topological polar surface area (TPSA) is 30.5 Å². The minimum absolute atomic E-state index is 0.266. The Morgan fingerprint density at radius 1 is 0.966 bits per heavy atom. The number of hydrogen-bond donors (Lipinski definition) is 1. The first-order chi connectivity index (χ1) is 14.1. The number of benzene rings is 3. The van der Waals surface area contributed by atoms with Gasteiger partial charge in [-0.1, -0.05) is 54.6 Å². The third-order valence-corrected chi connectivity index (χ3v) is 5.50. The summed E-state index contributed by atoms with van der Waals surface area (Å²) in [7, 11) is 0. The normalized spacial score (nSPS) is 11.9. The van der Waals surface area contributed by atoms with Crippen LogP contribution in [0.5, 0.6) is 11.5 Å². The second-order valence-corrected chi connectivity index (χ2v) is 7.92. The van der Waals surface area contributed by atoms with Gasteiger partial charge in [0.2, 0.25) is 0 Å². The molecule has 0 fully saturated rings. The average molecular weight is 454 g/mol. The van der Waals surface area contributed by atoms with Crippen molar-refractivity contribution in [3.8, 4) is 11.5 Å². The molecule has 1 N–H and O–H groups in total. The van der Waals surface area contributed by atoms with Crippen LogP contribution in [0.25, 0.3) is 0 Å². The summed E-state index contributed by atoms with van der Waals surface area (Å²) in [5.74, 6) is 1.51. The van der Waals surface area contributed by atoms with E-state index in [-0.39, 0.29) is 6.04 Å². The van der Waals surface area contributed by atoms with E-state index in [1.807, 2.05) is 25.1 Å². The zero-order valence-corrected chi connectivity index (χ0v) is 18.8. The Labute approximate surface area is 182 Å². The molecule has 0 bridgehead atoms. The van der Waals surface area contributed by atoms with E-state index in [2.05, 4.69) is 83.6 Å². The second-order valence-electron chi connectivity index (χ2n) is 7.07. The predicted octanol–water partition coefficient (Wildman–Crippen LogP) is 6.59. The monoisotopic (exact) mass is 453 g/mol. The van der Waals surface area contributed by atoms with Crippen LogP contribution in [0.3, 0.4) is 0 Å². The lowest BCUT2D eigenvalue weighted by Crippen LogP contribution is -2.18. The molecule has 0 spiro atoms. The van der Waals surface area contributed by atoms with E-state index >= 15 is 0 Å². The van der Waals surface area contributed by atoms with Crippen molar-refractivity contribution in [3.05, 3.63) is 93.5 Å². The minimum Gasteiger partial charge on any atom is -0.490 e. The van der Waals surface area contributed by atoms with Crippen LogP contribution < -0.4 is 14.8 Å². The maximum Gasteiger partial charge on any atom is 0.175 e. The highest BCUT2D eigenvalue weighted by atomic mass is 79.9. The fourth-order valence-electron chi connectivity index (χ4n) is 3.18. The lowest BCUT2D eigenvalue weighted by atomic mass is 10.1. The molecule has 0 aliphatic rings. The predicted molar refractivity (Wildman–Crippen MR) is 123 cm³/mol. The molecule has 3 rings (SSSR count). The van der Waals surface area contributed by atoms with E-state index in [4.69, 9.17) is 9.47 Å². The van der Waals surface area contributed by atoms with Gasteiger partial charge in [0.05, 0.1) is 11.1 Å². The maximum absolute atomic E-state index is 6.14. The summed E-state index contributed by atoms with van der Waals surface area (Å²) >= 11 is 3.68. The van der Waals surface area contributed by atoms with Crippen LogP contribution in [0.1, 0.15) is 42.1 Å². The molecule has 0 radical (unpaired) electrons. The Kier molecular flexibility index (Phi) is 7.73. The zero-order valence-electron chi connectivity index (χ0n) is 17.2. The van der Waals surface area contributed by atoms with Gasteiger partial charge < -0.3 is 14.8 Å². The highest BCUT2D eigenvalue weighted by molar-refractivity contribution is 9.10. The molecule has 0 saturated heterocycles. The molecule has 1 unspecified atom stereocenters. The van der Waals surface area contributed by atoms with Crippen LogP contribution in [-0.4, -0.2) is 6.61 Å². The van der Waals surface area contributed by atoms with Gasteiger partial charge in [-0.25, -0.2) is 0 Å². The second kappa shape index (κ2) is 10.5. The summed E-state index contributed by atoms with van der Waals surface area (Å²) in [5.41, 5.74) is 4.81. The molecule has 152 valence electrons. The van der Waals surface area contributed by atoms with Gasteiger partial charge in [-0.2, -0.15) is 0 Å². The van der Waals surface area contributed by atoms with E-state index < -0.39 is 0 Å². The Morgan fingerprint density at radius 3 is 2.41 bits per heavy atom. The van der Waals surface area contributed by atoms with E-state index in [0.29, 0.717) is 13.2 Å². The molecular weight excluding hydrogens is 426 g/mol. The van der Waals surface area contributed by atoms with E-state index in [0.717, 1.165) is 28.1 Å². The minimum atomic E-state index is 0.266. The fourth-order valence-corrected chi connectivity index (χ4v) is 3.78. The van der Waals surface area contributed by atoms with Crippen molar-refractivity contribution in [1.82, 2.24) is 5.32 Å². The molecule has 0 amide bonds. The van der Waals surface area contributed by atoms with Gasteiger partial charge in [-0.15, -0.1) is 0 Å². The molecule has 0 aliphatic carbocycles.